The van der Waals surface area contributed by atoms with Crippen molar-refractivity contribution in [1.29, 1.82) is 0 Å². The van der Waals surface area contributed by atoms with Gasteiger partial charge in [0.05, 0.1) is 9.47 Å². The lowest BCUT2D eigenvalue weighted by atomic mass is 10.1. The van der Waals surface area contributed by atoms with Crippen molar-refractivity contribution in [2.75, 3.05) is 5.32 Å². The number of nitrogens with zero attached hydrogens (tertiary/aromatic N) is 4. The second kappa shape index (κ2) is 5.72. The molecule has 1 aromatic carbocycles. The summed E-state index contributed by atoms with van der Waals surface area (Å²) < 4.78 is 2.79. The maximum absolute atomic E-state index is 3.90. The maximum atomic E-state index is 3.90. The van der Waals surface area contributed by atoms with Crippen LogP contribution in [0.1, 0.15) is 11.1 Å². The van der Waals surface area contributed by atoms with Crippen molar-refractivity contribution in [3.8, 4) is 5.69 Å². The highest BCUT2D eigenvalue weighted by Crippen LogP contribution is 2.23. The zero-order chi connectivity index (χ0) is 13.9. The smallest absolute Gasteiger partial charge is 0.143 e. The Bertz CT molecular complexity index is 707. The molecule has 20 heavy (non-hydrogen) atoms. The van der Waals surface area contributed by atoms with Gasteiger partial charge in [0.2, 0.25) is 0 Å². The number of halogens is 1. The Morgan fingerprint density at radius 3 is 2.95 bits per heavy atom. The van der Waals surface area contributed by atoms with Crippen LogP contribution in [0.5, 0.6) is 0 Å². The first-order chi connectivity index (χ1) is 9.72. The molecule has 0 radical (unpaired) electrons. The third-order valence-corrected chi connectivity index (χ3v) is 4.49. The monoisotopic (exact) mass is 349 g/mol. The lowest BCUT2D eigenvalue weighted by molar-refractivity contribution is 0.789. The normalized spacial score (nSPS) is 10.7. The summed E-state index contributed by atoms with van der Waals surface area (Å²) in [5.74, 6) is 0. The van der Waals surface area contributed by atoms with E-state index in [-0.39, 0.29) is 0 Å². The van der Waals surface area contributed by atoms with Gasteiger partial charge in [-0.15, -0.1) is 16.4 Å². The highest BCUT2D eigenvalue weighted by Gasteiger charge is 2.04. The molecule has 0 bridgehead atoms. The first kappa shape index (κ1) is 13.3. The van der Waals surface area contributed by atoms with E-state index in [2.05, 4.69) is 61.2 Å². The fraction of sp³-hybridized carbons (Fsp3) is 0.154. The van der Waals surface area contributed by atoms with Crippen LogP contribution in [0.15, 0.2) is 39.8 Å². The predicted molar refractivity (Wildman–Crippen MR) is 83.2 cm³/mol. The van der Waals surface area contributed by atoms with Gasteiger partial charge < -0.3 is 5.32 Å². The molecule has 3 aromatic rings. The molecule has 5 nitrogen and oxygen atoms in total. The molecule has 0 aliphatic heterocycles. The van der Waals surface area contributed by atoms with Crippen LogP contribution in [0.3, 0.4) is 0 Å². The van der Waals surface area contributed by atoms with Crippen molar-refractivity contribution >= 4 is 33.0 Å². The van der Waals surface area contributed by atoms with Crippen molar-refractivity contribution in [3.05, 3.63) is 50.9 Å². The van der Waals surface area contributed by atoms with Gasteiger partial charge in [0, 0.05) is 12.2 Å². The molecule has 0 aliphatic rings. The Morgan fingerprint density at radius 1 is 1.35 bits per heavy atom. The Labute approximate surface area is 128 Å². The minimum absolute atomic E-state index is 0.794. The van der Waals surface area contributed by atoms with Crippen LogP contribution >= 0.6 is 27.3 Å². The van der Waals surface area contributed by atoms with E-state index in [4.69, 9.17) is 0 Å². The number of rotatable bonds is 4. The summed E-state index contributed by atoms with van der Waals surface area (Å²) in [7, 11) is 0. The van der Waals surface area contributed by atoms with Gasteiger partial charge >= 0.3 is 0 Å². The molecular weight excluding hydrogens is 338 g/mol. The van der Waals surface area contributed by atoms with Crippen LogP contribution in [-0.2, 0) is 6.54 Å². The van der Waals surface area contributed by atoms with Crippen molar-refractivity contribution in [3.63, 3.8) is 0 Å². The van der Waals surface area contributed by atoms with E-state index < -0.39 is 0 Å². The molecule has 0 saturated carbocycles. The highest BCUT2D eigenvalue weighted by molar-refractivity contribution is 9.11. The first-order valence-corrected chi connectivity index (χ1v) is 7.70. The molecular formula is C13H12BrN5S. The first-order valence-electron chi connectivity index (χ1n) is 6.03. The standard InChI is InChI=1S/C13H12BrN5S/c1-9-2-3-11(19-8-16-17-18-19)5-12(9)15-6-10-4-13(14)20-7-10/h2-5,7-8,15H,6H2,1H3. The average Bonchev–Trinajstić information content (AvgIpc) is 3.09. The minimum atomic E-state index is 0.794. The third kappa shape index (κ3) is 2.88. The van der Waals surface area contributed by atoms with Crippen LogP contribution in [0.2, 0.25) is 0 Å². The molecule has 0 aliphatic carbocycles. The van der Waals surface area contributed by atoms with E-state index in [0.717, 1.165) is 21.7 Å². The molecule has 102 valence electrons. The van der Waals surface area contributed by atoms with Gasteiger partial charge in [-0.3, -0.25) is 0 Å². The largest absolute Gasteiger partial charge is 0.381 e. The Hall–Kier alpha value is -1.73. The van der Waals surface area contributed by atoms with Crippen LogP contribution in [0, 0.1) is 6.92 Å². The van der Waals surface area contributed by atoms with E-state index in [1.807, 2.05) is 12.1 Å². The zero-order valence-corrected chi connectivity index (χ0v) is 13.1. The summed E-state index contributed by atoms with van der Waals surface area (Å²) in [6, 6.07) is 8.23. The van der Waals surface area contributed by atoms with Gasteiger partial charge in [-0.1, -0.05) is 6.07 Å². The number of anilines is 1. The predicted octanol–water partition coefficient (Wildman–Crippen LogP) is 3.41. The second-order valence-corrected chi connectivity index (χ2v) is 6.66. The second-order valence-electron chi connectivity index (χ2n) is 4.37. The molecule has 3 rings (SSSR count). The molecule has 0 amide bonds. The summed E-state index contributed by atoms with van der Waals surface area (Å²) in [6.07, 6.45) is 1.59. The van der Waals surface area contributed by atoms with E-state index in [9.17, 15) is 0 Å². The summed E-state index contributed by atoms with van der Waals surface area (Å²) >= 11 is 5.17. The molecule has 0 fully saturated rings. The van der Waals surface area contributed by atoms with Crippen molar-refractivity contribution in [2.24, 2.45) is 0 Å². The van der Waals surface area contributed by atoms with Gasteiger partial charge in [0.15, 0.2) is 0 Å². The minimum Gasteiger partial charge on any atom is -0.381 e. The number of nitrogens with one attached hydrogen (secondary N) is 1. The number of aryl methyl sites for hydroxylation is 1. The number of thiophene rings is 1. The lowest BCUT2D eigenvalue weighted by Gasteiger charge is -2.10. The zero-order valence-electron chi connectivity index (χ0n) is 10.7. The topological polar surface area (TPSA) is 55.6 Å². The van der Waals surface area contributed by atoms with Gasteiger partial charge in [-0.2, -0.15) is 0 Å². The van der Waals surface area contributed by atoms with Gasteiger partial charge in [-0.25, -0.2) is 4.68 Å². The number of benzene rings is 1. The number of aromatic nitrogens is 4. The average molecular weight is 350 g/mol. The van der Waals surface area contributed by atoms with Gasteiger partial charge in [0.1, 0.15) is 6.33 Å². The number of hydrogen-bond donors (Lipinski definition) is 1. The molecule has 0 unspecified atom stereocenters. The molecule has 0 spiro atoms. The molecule has 7 heteroatoms. The number of hydrogen-bond acceptors (Lipinski definition) is 5. The van der Waals surface area contributed by atoms with Crippen molar-refractivity contribution < 1.29 is 0 Å². The lowest BCUT2D eigenvalue weighted by Crippen LogP contribution is -2.02. The van der Waals surface area contributed by atoms with Gasteiger partial charge in [-0.05, 0) is 68.0 Å². The SMILES string of the molecule is Cc1ccc(-n2cnnn2)cc1NCc1csc(Br)c1. The highest BCUT2D eigenvalue weighted by atomic mass is 79.9. The van der Waals surface area contributed by atoms with Crippen LogP contribution < -0.4 is 5.32 Å². The van der Waals surface area contributed by atoms with Crippen LogP contribution in [-0.4, -0.2) is 20.2 Å². The van der Waals surface area contributed by atoms with Crippen LogP contribution in [0.25, 0.3) is 5.69 Å². The maximum Gasteiger partial charge on any atom is 0.143 e. The van der Waals surface area contributed by atoms with E-state index >= 15 is 0 Å². The van der Waals surface area contributed by atoms with Gasteiger partial charge in [0.25, 0.3) is 0 Å². The van der Waals surface area contributed by atoms with Crippen molar-refractivity contribution in [2.45, 2.75) is 13.5 Å². The Morgan fingerprint density at radius 2 is 2.25 bits per heavy atom. The summed E-state index contributed by atoms with van der Waals surface area (Å²) in [4.78, 5) is 0. The fourth-order valence-corrected chi connectivity index (χ4v) is 3.07. The summed E-state index contributed by atoms with van der Waals surface area (Å²) in [5.41, 5.74) is 4.47. The van der Waals surface area contributed by atoms with E-state index in [0.29, 0.717) is 0 Å². The number of tetrazole rings is 1. The third-order valence-electron chi connectivity index (χ3n) is 2.94. The molecule has 2 aromatic heterocycles. The Balaban J connectivity index is 1.80. The van der Waals surface area contributed by atoms with E-state index in [1.165, 1.54) is 11.1 Å². The molecule has 0 saturated heterocycles. The van der Waals surface area contributed by atoms with Crippen molar-refractivity contribution in [1.82, 2.24) is 20.2 Å². The van der Waals surface area contributed by atoms with Crippen LogP contribution in [0.4, 0.5) is 5.69 Å². The molecule has 2 heterocycles. The quantitative estimate of drug-likeness (QED) is 0.784. The molecule has 1 N–H and O–H groups in total. The summed E-state index contributed by atoms with van der Waals surface area (Å²) in [5, 5.41) is 16.8. The Kier molecular flexibility index (Phi) is 3.79. The van der Waals surface area contributed by atoms with E-state index in [1.54, 1.807) is 22.3 Å². The summed E-state index contributed by atoms with van der Waals surface area (Å²) in [6.45, 7) is 2.87. The molecule has 0 atom stereocenters. The fourth-order valence-electron chi connectivity index (χ4n) is 1.86.